The molecule has 0 radical (unpaired) electrons. The number of nitrogens with zero attached hydrogens (tertiary/aromatic N) is 1. The second kappa shape index (κ2) is 5.27. The lowest BCUT2D eigenvalue weighted by Gasteiger charge is -2.36. The van der Waals surface area contributed by atoms with Crippen LogP contribution in [-0.4, -0.2) is 44.7 Å². The minimum absolute atomic E-state index is 0.153. The zero-order chi connectivity index (χ0) is 11.5. The molecule has 15 heavy (non-hydrogen) atoms. The third-order valence-corrected chi connectivity index (χ3v) is 5.23. The Morgan fingerprint density at radius 3 is 2.67 bits per heavy atom. The third kappa shape index (κ3) is 3.16. The summed E-state index contributed by atoms with van der Waals surface area (Å²) in [6, 6.07) is 0.153. The van der Waals surface area contributed by atoms with E-state index >= 15 is 0 Å². The number of nitrogens with one attached hydrogen (secondary N) is 1. The fourth-order valence-corrected chi connectivity index (χ4v) is 3.86. The molecule has 0 aromatic heterocycles. The van der Waals surface area contributed by atoms with Crippen molar-refractivity contribution in [1.29, 1.82) is 0 Å². The molecule has 90 valence electrons. The lowest BCUT2D eigenvalue weighted by atomic mass is 9.94. The van der Waals surface area contributed by atoms with E-state index in [0.29, 0.717) is 19.0 Å². The number of rotatable bonds is 4. The van der Waals surface area contributed by atoms with Crippen LogP contribution in [0.4, 0.5) is 0 Å². The molecule has 1 aliphatic heterocycles. The molecule has 1 rings (SSSR count). The van der Waals surface area contributed by atoms with Gasteiger partial charge in [-0.25, -0.2) is 8.42 Å². The van der Waals surface area contributed by atoms with Crippen molar-refractivity contribution in [2.45, 2.75) is 32.7 Å². The van der Waals surface area contributed by atoms with Gasteiger partial charge in [0.2, 0.25) is 10.0 Å². The summed E-state index contributed by atoms with van der Waals surface area (Å²) in [6.07, 6.45) is 2.13. The van der Waals surface area contributed by atoms with Gasteiger partial charge in [0.1, 0.15) is 0 Å². The molecular formula is C10H22N2O2S. The molecule has 1 saturated heterocycles. The highest BCUT2D eigenvalue weighted by molar-refractivity contribution is 7.89. The SMILES string of the molecule is CNCCS(=O)(=O)N1CCCC(C)C1C. The highest BCUT2D eigenvalue weighted by atomic mass is 32.2. The van der Waals surface area contributed by atoms with Gasteiger partial charge in [-0.15, -0.1) is 0 Å². The van der Waals surface area contributed by atoms with Crippen LogP contribution in [0.3, 0.4) is 0 Å². The molecule has 2 unspecified atom stereocenters. The fourth-order valence-electron chi connectivity index (χ4n) is 2.04. The molecule has 1 fully saturated rings. The van der Waals surface area contributed by atoms with Crippen molar-refractivity contribution in [3.8, 4) is 0 Å². The molecule has 0 aromatic carbocycles. The molecule has 1 heterocycles. The number of sulfonamides is 1. The van der Waals surface area contributed by atoms with Gasteiger partial charge in [0.15, 0.2) is 0 Å². The van der Waals surface area contributed by atoms with Crippen molar-refractivity contribution in [1.82, 2.24) is 9.62 Å². The van der Waals surface area contributed by atoms with Crippen LogP contribution in [0, 0.1) is 5.92 Å². The van der Waals surface area contributed by atoms with Gasteiger partial charge in [-0.1, -0.05) is 6.92 Å². The highest BCUT2D eigenvalue weighted by Crippen LogP contribution is 2.25. The van der Waals surface area contributed by atoms with Crippen LogP contribution < -0.4 is 5.32 Å². The van der Waals surface area contributed by atoms with Crippen molar-refractivity contribution in [2.24, 2.45) is 5.92 Å². The van der Waals surface area contributed by atoms with Gasteiger partial charge in [0.05, 0.1) is 5.75 Å². The molecule has 0 amide bonds. The second-order valence-electron chi connectivity index (χ2n) is 4.39. The molecule has 2 atom stereocenters. The Bertz CT molecular complexity index is 290. The van der Waals surface area contributed by atoms with Crippen LogP contribution in [0.2, 0.25) is 0 Å². The maximum atomic E-state index is 12.0. The van der Waals surface area contributed by atoms with Crippen LogP contribution in [-0.2, 0) is 10.0 Å². The third-order valence-electron chi connectivity index (χ3n) is 3.28. The molecular weight excluding hydrogens is 212 g/mol. The Morgan fingerprint density at radius 2 is 2.07 bits per heavy atom. The summed E-state index contributed by atoms with van der Waals surface area (Å²) in [4.78, 5) is 0. The second-order valence-corrected chi connectivity index (χ2v) is 6.43. The summed E-state index contributed by atoms with van der Waals surface area (Å²) in [5.41, 5.74) is 0. The highest BCUT2D eigenvalue weighted by Gasteiger charge is 2.32. The Labute approximate surface area is 93.1 Å². The predicted molar refractivity (Wildman–Crippen MR) is 62.3 cm³/mol. The van der Waals surface area contributed by atoms with Crippen LogP contribution in [0.25, 0.3) is 0 Å². The van der Waals surface area contributed by atoms with E-state index in [2.05, 4.69) is 12.2 Å². The Balaban J connectivity index is 2.68. The van der Waals surface area contributed by atoms with Gasteiger partial charge in [-0.05, 0) is 32.7 Å². The van der Waals surface area contributed by atoms with Gasteiger partial charge in [0.25, 0.3) is 0 Å². The van der Waals surface area contributed by atoms with Crippen molar-refractivity contribution in [3.05, 3.63) is 0 Å². The van der Waals surface area contributed by atoms with E-state index in [1.807, 2.05) is 6.92 Å². The monoisotopic (exact) mass is 234 g/mol. The number of piperidine rings is 1. The molecule has 0 spiro atoms. The molecule has 1 aliphatic rings. The smallest absolute Gasteiger partial charge is 0.215 e. The van der Waals surface area contributed by atoms with E-state index in [0.717, 1.165) is 12.8 Å². The van der Waals surface area contributed by atoms with Crippen molar-refractivity contribution in [3.63, 3.8) is 0 Å². The molecule has 4 nitrogen and oxygen atoms in total. The topological polar surface area (TPSA) is 49.4 Å². The molecule has 0 aromatic rings. The first-order chi connectivity index (χ1) is 6.99. The maximum Gasteiger partial charge on any atom is 0.215 e. The summed E-state index contributed by atoms with van der Waals surface area (Å²) in [5, 5.41) is 2.88. The fraction of sp³-hybridized carbons (Fsp3) is 1.00. The largest absolute Gasteiger partial charge is 0.319 e. The van der Waals surface area contributed by atoms with E-state index in [1.54, 1.807) is 11.4 Å². The first kappa shape index (κ1) is 12.9. The summed E-state index contributed by atoms with van der Waals surface area (Å²) in [5.74, 6) is 0.684. The average molecular weight is 234 g/mol. The Kier molecular flexibility index (Phi) is 4.55. The van der Waals surface area contributed by atoms with Crippen molar-refractivity contribution in [2.75, 3.05) is 25.9 Å². The van der Waals surface area contributed by atoms with Crippen LogP contribution in [0.15, 0.2) is 0 Å². The van der Waals surface area contributed by atoms with Gasteiger partial charge in [-0.2, -0.15) is 4.31 Å². The number of hydrogen-bond donors (Lipinski definition) is 1. The Morgan fingerprint density at radius 1 is 1.40 bits per heavy atom. The van der Waals surface area contributed by atoms with E-state index in [4.69, 9.17) is 0 Å². The predicted octanol–water partition coefficient (Wildman–Crippen LogP) is 0.656. The zero-order valence-electron chi connectivity index (χ0n) is 9.86. The summed E-state index contributed by atoms with van der Waals surface area (Å²) in [7, 11) is -1.28. The number of hydrogen-bond acceptors (Lipinski definition) is 3. The molecule has 1 N–H and O–H groups in total. The van der Waals surface area contributed by atoms with Gasteiger partial charge in [0, 0.05) is 19.1 Å². The molecule has 5 heteroatoms. The zero-order valence-corrected chi connectivity index (χ0v) is 10.7. The standard InChI is InChI=1S/C10H22N2O2S/c1-9-5-4-7-12(10(9)2)15(13,14)8-6-11-3/h9-11H,4-8H2,1-3H3. The summed E-state index contributed by atoms with van der Waals surface area (Å²) >= 11 is 0. The van der Waals surface area contributed by atoms with E-state index in [9.17, 15) is 8.42 Å². The lowest BCUT2D eigenvalue weighted by Crippen LogP contribution is -2.47. The summed E-state index contributed by atoms with van der Waals surface area (Å²) < 4.78 is 25.7. The maximum absolute atomic E-state index is 12.0. The van der Waals surface area contributed by atoms with Crippen molar-refractivity contribution >= 4 is 10.0 Å². The quantitative estimate of drug-likeness (QED) is 0.777. The first-order valence-electron chi connectivity index (χ1n) is 5.63. The minimum atomic E-state index is -3.06. The van der Waals surface area contributed by atoms with E-state index in [1.165, 1.54) is 0 Å². The first-order valence-corrected chi connectivity index (χ1v) is 7.24. The minimum Gasteiger partial charge on any atom is -0.319 e. The van der Waals surface area contributed by atoms with E-state index in [-0.39, 0.29) is 11.8 Å². The average Bonchev–Trinajstić information content (AvgIpc) is 2.19. The molecule has 0 bridgehead atoms. The van der Waals surface area contributed by atoms with Gasteiger partial charge < -0.3 is 5.32 Å². The summed E-state index contributed by atoms with van der Waals surface area (Å²) in [6.45, 7) is 5.36. The molecule has 0 saturated carbocycles. The lowest BCUT2D eigenvalue weighted by molar-refractivity contribution is 0.202. The van der Waals surface area contributed by atoms with Crippen LogP contribution >= 0.6 is 0 Å². The van der Waals surface area contributed by atoms with Crippen LogP contribution in [0.5, 0.6) is 0 Å². The Hall–Kier alpha value is -0.130. The molecule has 0 aliphatic carbocycles. The van der Waals surface area contributed by atoms with Crippen LogP contribution in [0.1, 0.15) is 26.7 Å². The van der Waals surface area contributed by atoms with Gasteiger partial charge >= 0.3 is 0 Å². The normalized spacial score (nSPS) is 29.3. The van der Waals surface area contributed by atoms with Crippen molar-refractivity contribution < 1.29 is 8.42 Å². The van der Waals surface area contributed by atoms with E-state index < -0.39 is 10.0 Å². The van der Waals surface area contributed by atoms with Gasteiger partial charge in [-0.3, -0.25) is 0 Å².